The van der Waals surface area contributed by atoms with Crippen LogP contribution in [0.5, 0.6) is 0 Å². The molecule has 0 bridgehead atoms. The lowest BCUT2D eigenvalue weighted by molar-refractivity contribution is 0.0696. The summed E-state index contributed by atoms with van der Waals surface area (Å²) in [7, 11) is 0. The summed E-state index contributed by atoms with van der Waals surface area (Å²) in [6, 6.07) is 10.5. The third kappa shape index (κ3) is 5.60. The van der Waals surface area contributed by atoms with E-state index in [-0.39, 0.29) is 24.1 Å². The molecule has 8 heteroatoms. The van der Waals surface area contributed by atoms with Crippen molar-refractivity contribution in [1.82, 2.24) is 10.2 Å². The Morgan fingerprint density at radius 2 is 1.80 bits per heavy atom. The van der Waals surface area contributed by atoms with Crippen LogP contribution in [0.3, 0.4) is 0 Å². The van der Waals surface area contributed by atoms with Gasteiger partial charge in [0.15, 0.2) is 0 Å². The second-order valence-electron chi connectivity index (χ2n) is 7.40. The smallest absolute Gasteiger partial charge is 0.258 e. The predicted octanol–water partition coefficient (Wildman–Crippen LogP) is 3.85. The molecule has 3 rings (SSSR count). The zero-order valence-corrected chi connectivity index (χ0v) is 16.6. The summed E-state index contributed by atoms with van der Waals surface area (Å²) in [5.74, 6) is -1.52. The summed E-state index contributed by atoms with van der Waals surface area (Å²) < 4.78 is 38.8. The van der Waals surface area contributed by atoms with Crippen LogP contribution in [0.25, 0.3) is 0 Å². The van der Waals surface area contributed by atoms with Gasteiger partial charge in [0, 0.05) is 30.4 Å². The minimum atomic E-state index is -2.36. The molecule has 1 saturated heterocycles. The zero-order valence-electron chi connectivity index (χ0n) is 16.6. The second kappa shape index (κ2) is 9.75. The molecule has 0 radical (unpaired) electrons. The van der Waals surface area contributed by atoms with Gasteiger partial charge in [-0.3, -0.25) is 14.5 Å². The molecular formula is C22H24F3N3O2. The molecule has 0 aliphatic carbocycles. The standard InChI is InChI=1S/C22H24F3N3O2/c1-14-6-7-15(12-19(14)27-22(30)17-4-2-3-5-18(17)23)21(29)26-16-8-10-28(11-9-16)13-20(24)25/h2-7,12,16,20H,8-11,13H2,1H3,(H,26,29)(H,27,30). The summed E-state index contributed by atoms with van der Waals surface area (Å²) in [4.78, 5) is 26.7. The first-order valence-corrected chi connectivity index (χ1v) is 9.81. The van der Waals surface area contributed by atoms with Gasteiger partial charge in [-0.05, 0) is 49.6 Å². The van der Waals surface area contributed by atoms with E-state index < -0.39 is 18.1 Å². The van der Waals surface area contributed by atoms with Gasteiger partial charge in [-0.1, -0.05) is 18.2 Å². The summed E-state index contributed by atoms with van der Waals surface area (Å²) >= 11 is 0. The number of carbonyl (C=O) groups excluding carboxylic acids is 2. The number of halogens is 3. The lowest BCUT2D eigenvalue weighted by Crippen LogP contribution is -2.45. The van der Waals surface area contributed by atoms with E-state index in [4.69, 9.17) is 0 Å². The van der Waals surface area contributed by atoms with E-state index in [1.54, 1.807) is 36.1 Å². The Balaban J connectivity index is 1.63. The number of hydrogen-bond acceptors (Lipinski definition) is 3. The Hall–Kier alpha value is -2.87. The van der Waals surface area contributed by atoms with E-state index >= 15 is 0 Å². The molecule has 2 aromatic carbocycles. The SMILES string of the molecule is Cc1ccc(C(=O)NC2CCN(CC(F)F)CC2)cc1NC(=O)c1ccccc1F. The summed E-state index contributed by atoms with van der Waals surface area (Å²) in [6.07, 6.45) is -1.16. The topological polar surface area (TPSA) is 61.4 Å². The number of rotatable bonds is 6. The average molecular weight is 419 g/mol. The quantitative estimate of drug-likeness (QED) is 0.748. The molecule has 0 spiro atoms. The fourth-order valence-corrected chi connectivity index (χ4v) is 3.46. The first-order chi connectivity index (χ1) is 14.3. The number of nitrogens with one attached hydrogen (secondary N) is 2. The van der Waals surface area contributed by atoms with E-state index in [9.17, 15) is 22.8 Å². The molecule has 2 amide bonds. The third-order valence-electron chi connectivity index (χ3n) is 5.19. The number of aryl methyl sites for hydroxylation is 1. The molecular weight excluding hydrogens is 395 g/mol. The van der Waals surface area contributed by atoms with E-state index in [0.29, 0.717) is 37.2 Å². The van der Waals surface area contributed by atoms with E-state index in [0.717, 1.165) is 5.56 Å². The molecule has 1 fully saturated rings. The number of benzene rings is 2. The van der Waals surface area contributed by atoms with Crippen LogP contribution in [0.15, 0.2) is 42.5 Å². The van der Waals surface area contributed by atoms with Crippen LogP contribution in [0.4, 0.5) is 18.9 Å². The number of carbonyl (C=O) groups is 2. The maximum atomic E-state index is 13.8. The fourth-order valence-electron chi connectivity index (χ4n) is 3.46. The maximum absolute atomic E-state index is 13.8. The number of alkyl halides is 2. The minimum Gasteiger partial charge on any atom is -0.349 e. The van der Waals surface area contributed by atoms with Crippen molar-refractivity contribution >= 4 is 17.5 Å². The van der Waals surface area contributed by atoms with Crippen LogP contribution >= 0.6 is 0 Å². The number of likely N-dealkylation sites (tertiary alicyclic amines) is 1. The molecule has 2 N–H and O–H groups in total. The Bertz CT molecular complexity index is 912. The highest BCUT2D eigenvalue weighted by Crippen LogP contribution is 2.20. The van der Waals surface area contributed by atoms with Gasteiger partial charge < -0.3 is 10.6 Å². The molecule has 0 atom stereocenters. The van der Waals surface area contributed by atoms with Crippen LogP contribution in [0.1, 0.15) is 39.1 Å². The zero-order chi connectivity index (χ0) is 21.7. The monoisotopic (exact) mass is 419 g/mol. The van der Waals surface area contributed by atoms with Gasteiger partial charge in [0.25, 0.3) is 18.2 Å². The van der Waals surface area contributed by atoms with Crippen molar-refractivity contribution in [2.75, 3.05) is 25.0 Å². The second-order valence-corrected chi connectivity index (χ2v) is 7.40. The summed E-state index contributed by atoms with van der Waals surface area (Å²) in [6.45, 7) is 2.54. The molecule has 0 saturated carbocycles. The third-order valence-corrected chi connectivity index (χ3v) is 5.19. The molecule has 1 aliphatic heterocycles. The van der Waals surface area contributed by atoms with Crippen molar-refractivity contribution in [2.24, 2.45) is 0 Å². The van der Waals surface area contributed by atoms with Gasteiger partial charge in [0.1, 0.15) is 5.82 Å². The van der Waals surface area contributed by atoms with Gasteiger partial charge in [0.05, 0.1) is 12.1 Å². The highest BCUT2D eigenvalue weighted by molar-refractivity contribution is 6.05. The summed E-state index contributed by atoms with van der Waals surface area (Å²) in [5, 5.41) is 5.58. The number of amides is 2. The first kappa shape index (κ1) is 21.8. The molecule has 1 aliphatic rings. The largest absolute Gasteiger partial charge is 0.349 e. The molecule has 0 aromatic heterocycles. The van der Waals surface area contributed by atoms with Crippen LogP contribution in [0.2, 0.25) is 0 Å². The minimum absolute atomic E-state index is 0.0812. The summed E-state index contributed by atoms with van der Waals surface area (Å²) in [5.41, 5.74) is 1.43. The number of anilines is 1. The van der Waals surface area contributed by atoms with Crippen molar-refractivity contribution in [1.29, 1.82) is 0 Å². The van der Waals surface area contributed by atoms with Gasteiger partial charge in [0.2, 0.25) is 0 Å². The van der Waals surface area contributed by atoms with Gasteiger partial charge in [-0.25, -0.2) is 13.2 Å². The Labute approximate surface area is 173 Å². The number of hydrogen-bond donors (Lipinski definition) is 2. The molecule has 5 nitrogen and oxygen atoms in total. The average Bonchev–Trinajstić information content (AvgIpc) is 2.71. The Morgan fingerprint density at radius 3 is 2.47 bits per heavy atom. The highest BCUT2D eigenvalue weighted by Gasteiger charge is 2.23. The van der Waals surface area contributed by atoms with Crippen LogP contribution in [0, 0.1) is 12.7 Å². The Morgan fingerprint density at radius 1 is 1.10 bits per heavy atom. The van der Waals surface area contributed by atoms with Crippen LogP contribution in [-0.2, 0) is 0 Å². The van der Waals surface area contributed by atoms with Crippen molar-refractivity contribution in [3.63, 3.8) is 0 Å². The predicted molar refractivity (Wildman–Crippen MR) is 108 cm³/mol. The maximum Gasteiger partial charge on any atom is 0.258 e. The molecule has 2 aromatic rings. The molecule has 30 heavy (non-hydrogen) atoms. The molecule has 0 unspecified atom stereocenters. The fraction of sp³-hybridized carbons (Fsp3) is 0.364. The van der Waals surface area contributed by atoms with Gasteiger partial charge >= 0.3 is 0 Å². The van der Waals surface area contributed by atoms with Gasteiger partial charge in [-0.2, -0.15) is 0 Å². The van der Waals surface area contributed by atoms with Gasteiger partial charge in [-0.15, -0.1) is 0 Å². The van der Waals surface area contributed by atoms with E-state index in [2.05, 4.69) is 10.6 Å². The normalized spacial score (nSPS) is 15.2. The van der Waals surface area contributed by atoms with Crippen molar-refractivity contribution in [3.8, 4) is 0 Å². The van der Waals surface area contributed by atoms with Crippen molar-refractivity contribution in [3.05, 3.63) is 65.0 Å². The first-order valence-electron chi connectivity index (χ1n) is 9.81. The highest BCUT2D eigenvalue weighted by atomic mass is 19.3. The number of nitrogens with zero attached hydrogens (tertiary/aromatic N) is 1. The lowest BCUT2D eigenvalue weighted by Gasteiger charge is -2.32. The lowest BCUT2D eigenvalue weighted by atomic mass is 10.0. The van der Waals surface area contributed by atoms with E-state index in [1.165, 1.54) is 18.2 Å². The van der Waals surface area contributed by atoms with E-state index in [1.807, 2.05) is 0 Å². The van der Waals surface area contributed by atoms with Crippen molar-refractivity contribution < 1.29 is 22.8 Å². The van der Waals surface area contributed by atoms with Crippen LogP contribution < -0.4 is 10.6 Å². The molecule has 160 valence electrons. The van der Waals surface area contributed by atoms with Crippen LogP contribution in [-0.4, -0.2) is 48.8 Å². The molecule has 1 heterocycles. The number of piperidine rings is 1. The van der Waals surface area contributed by atoms with Crippen molar-refractivity contribution in [2.45, 2.75) is 32.2 Å². The Kier molecular flexibility index (Phi) is 7.10.